The first-order valence-corrected chi connectivity index (χ1v) is 7.61. The van der Waals surface area contributed by atoms with Gasteiger partial charge < -0.3 is 14.6 Å². The number of methoxy groups -OCH3 is 2. The molecule has 1 unspecified atom stereocenters. The van der Waals surface area contributed by atoms with Crippen LogP contribution in [0, 0.1) is 5.82 Å². The summed E-state index contributed by atoms with van der Waals surface area (Å²) in [6, 6.07) is 7.82. The number of rotatable bonds is 4. The van der Waals surface area contributed by atoms with E-state index in [9.17, 15) is 9.50 Å². The maximum Gasteiger partial charge on any atom is 0.161 e. The molecule has 0 aliphatic heterocycles. The zero-order chi connectivity index (χ0) is 15.6. The van der Waals surface area contributed by atoms with Crippen LogP contribution in [0.3, 0.4) is 0 Å². The minimum Gasteiger partial charge on any atom is -0.493 e. The standard InChI is InChI=1S/C15H13Br2FO3/c1-20-13-6-10(11(17)7-14(13)21-2)15(19)9-4-3-8(16)5-12(9)18/h3-7,15,19H,1-2H3. The van der Waals surface area contributed by atoms with Crippen LogP contribution in [0.1, 0.15) is 17.2 Å². The zero-order valence-corrected chi connectivity index (χ0v) is 14.5. The van der Waals surface area contributed by atoms with Crippen molar-refractivity contribution in [2.45, 2.75) is 6.10 Å². The van der Waals surface area contributed by atoms with Crippen LogP contribution in [0.15, 0.2) is 39.3 Å². The Morgan fingerprint density at radius 3 is 2.19 bits per heavy atom. The van der Waals surface area contributed by atoms with Crippen LogP contribution in [0.25, 0.3) is 0 Å². The molecular weight excluding hydrogens is 407 g/mol. The first-order valence-electron chi connectivity index (χ1n) is 6.02. The predicted octanol–water partition coefficient (Wildman–Crippen LogP) is 4.45. The van der Waals surface area contributed by atoms with Crippen molar-refractivity contribution in [1.29, 1.82) is 0 Å². The van der Waals surface area contributed by atoms with Crippen molar-refractivity contribution in [3.05, 3.63) is 56.2 Å². The zero-order valence-electron chi connectivity index (χ0n) is 11.4. The van der Waals surface area contributed by atoms with E-state index in [2.05, 4.69) is 31.9 Å². The molecule has 2 aromatic carbocycles. The molecule has 0 aliphatic carbocycles. The van der Waals surface area contributed by atoms with E-state index in [-0.39, 0.29) is 5.56 Å². The molecule has 2 rings (SSSR count). The Balaban J connectivity index is 2.50. The molecule has 0 aliphatic rings. The van der Waals surface area contributed by atoms with Crippen molar-refractivity contribution in [3.63, 3.8) is 0 Å². The molecule has 112 valence electrons. The topological polar surface area (TPSA) is 38.7 Å². The summed E-state index contributed by atoms with van der Waals surface area (Å²) in [5, 5.41) is 10.4. The fourth-order valence-electron chi connectivity index (χ4n) is 1.97. The van der Waals surface area contributed by atoms with E-state index < -0.39 is 11.9 Å². The highest BCUT2D eigenvalue weighted by atomic mass is 79.9. The Bertz CT molecular complexity index is 662. The molecular formula is C15H13Br2FO3. The average molecular weight is 420 g/mol. The lowest BCUT2D eigenvalue weighted by Gasteiger charge is -2.17. The van der Waals surface area contributed by atoms with Gasteiger partial charge in [0.05, 0.1) is 14.2 Å². The Morgan fingerprint density at radius 2 is 1.62 bits per heavy atom. The van der Waals surface area contributed by atoms with E-state index in [0.717, 1.165) is 0 Å². The lowest BCUT2D eigenvalue weighted by Crippen LogP contribution is -2.04. The second-order valence-electron chi connectivity index (χ2n) is 4.30. The molecule has 0 amide bonds. The van der Waals surface area contributed by atoms with E-state index in [1.807, 2.05) is 0 Å². The van der Waals surface area contributed by atoms with Crippen LogP contribution in [0.5, 0.6) is 11.5 Å². The van der Waals surface area contributed by atoms with Gasteiger partial charge in [-0.05, 0) is 24.3 Å². The molecule has 2 aromatic rings. The van der Waals surface area contributed by atoms with Crippen LogP contribution in [-0.2, 0) is 0 Å². The molecule has 0 aromatic heterocycles. The lowest BCUT2D eigenvalue weighted by molar-refractivity contribution is 0.213. The highest BCUT2D eigenvalue weighted by Gasteiger charge is 2.20. The van der Waals surface area contributed by atoms with Gasteiger partial charge in [-0.1, -0.05) is 37.9 Å². The van der Waals surface area contributed by atoms with Crippen molar-refractivity contribution in [1.82, 2.24) is 0 Å². The fourth-order valence-corrected chi connectivity index (χ4v) is 2.84. The molecule has 0 saturated carbocycles. The van der Waals surface area contributed by atoms with Gasteiger partial charge in [-0.3, -0.25) is 0 Å². The molecule has 1 N–H and O–H groups in total. The summed E-state index contributed by atoms with van der Waals surface area (Å²) in [4.78, 5) is 0. The Labute approximate surface area is 139 Å². The second-order valence-corrected chi connectivity index (χ2v) is 6.07. The summed E-state index contributed by atoms with van der Waals surface area (Å²) in [5.41, 5.74) is 0.681. The smallest absolute Gasteiger partial charge is 0.161 e. The molecule has 21 heavy (non-hydrogen) atoms. The van der Waals surface area contributed by atoms with Crippen LogP contribution < -0.4 is 9.47 Å². The van der Waals surface area contributed by atoms with Gasteiger partial charge in [0.1, 0.15) is 11.9 Å². The second kappa shape index (κ2) is 6.77. The summed E-state index contributed by atoms with van der Waals surface area (Å²) in [6.45, 7) is 0. The van der Waals surface area contributed by atoms with E-state index in [0.29, 0.717) is 26.0 Å². The van der Waals surface area contributed by atoms with Crippen molar-refractivity contribution >= 4 is 31.9 Å². The maximum absolute atomic E-state index is 14.0. The molecule has 6 heteroatoms. The quantitative estimate of drug-likeness (QED) is 0.795. The number of hydrogen-bond acceptors (Lipinski definition) is 3. The molecule has 0 heterocycles. The summed E-state index contributed by atoms with van der Waals surface area (Å²) in [6.07, 6.45) is -1.12. The van der Waals surface area contributed by atoms with Crippen LogP contribution in [0.4, 0.5) is 4.39 Å². The molecule has 1 atom stereocenters. The van der Waals surface area contributed by atoms with E-state index in [1.54, 1.807) is 18.2 Å². The highest BCUT2D eigenvalue weighted by molar-refractivity contribution is 9.10. The summed E-state index contributed by atoms with van der Waals surface area (Å²) in [5.74, 6) is 0.502. The van der Waals surface area contributed by atoms with Gasteiger partial charge in [-0.25, -0.2) is 4.39 Å². The van der Waals surface area contributed by atoms with Crippen molar-refractivity contribution in [3.8, 4) is 11.5 Å². The molecule has 0 spiro atoms. The van der Waals surface area contributed by atoms with E-state index in [1.165, 1.54) is 26.4 Å². The normalized spacial score (nSPS) is 12.1. The van der Waals surface area contributed by atoms with Gasteiger partial charge in [-0.15, -0.1) is 0 Å². The monoisotopic (exact) mass is 418 g/mol. The van der Waals surface area contributed by atoms with Gasteiger partial charge in [0, 0.05) is 20.1 Å². The fraction of sp³-hybridized carbons (Fsp3) is 0.200. The Hall–Kier alpha value is -1.11. The molecule has 0 saturated heterocycles. The average Bonchev–Trinajstić information content (AvgIpc) is 2.46. The summed E-state index contributed by atoms with van der Waals surface area (Å²) < 4.78 is 25.6. The third-order valence-electron chi connectivity index (χ3n) is 3.05. The first-order chi connectivity index (χ1) is 9.97. The molecule has 0 radical (unpaired) electrons. The molecule has 3 nitrogen and oxygen atoms in total. The first kappa shape index (κ1) is 16.3. The van der Waals surface area contributed by atoms with Crippen molar-refractivity contribution < 1.29 is 19.0 Å². The van der Waals surface area contributed by atoms with Crippen molar-refractivity contribution in [2.75, 3.05) is 14.2 Å². The number of halogens is 3. The number of benzene rings is 2. The largest absolute Gasteiger partial charge is 0.493 e. The number of aliphatic hydroxyl groups is 1. The number of aliphatic hydroxyl groups excluding tert-OH is 1. The Morgan fingerprint density at radius 1 is 1.00 bits per heavy atom. The number of hydrogen-bond donors (Lipinski definition) is 1. The third kappa shape index (κ3) is 3.39. The van der Waals surface area contributed by atoms with Gasteiger partial charge in [0.15, 0.2) is 11.5 Å². The maximum atomic E-state index is 14.0. The van der Waals surface area contributed by atoms with Crippen LogP contribution >= 0.6 is 31.9 Å². The molecule has 0 bridgehead atoms. The minimum absolute atomic E-state index is 0.186. The lowest BCUT2D eigenvalue weighted by atomic mass is 10.0. The van der Waals surface area contributed by atoms with E-state index >= 15 is 0 Å². The number of ether oxygens (including phenoxy) is 2. The van der Waals surface area contributed by atoms with Crippen LogP contribution in [0.2, 0.25) is 0 Å². The minimum atomic E-state index is -1.12. The van der Waals surface area contributed by atoms with Gasteiger partial charge in [0.25, 0.3) is 0 Å². The van der Waals surface area contributed by atoms with Gasteiger partial charge in [0.2, 0.25) is 0 Å². The molecule has 0 fully saturated rings. The third-order valence-corrected chi connectivity index (χ3v) is 4.23. The van der Waals surface area contributed by atoms with Crippen molar-refractivity contribution in [2.24, 2.45) is 0 Å². The SMILES string of the molecule is COc1cc(Br)c(C(O)c2ccc(Br)cc2F)cc1OC. The highest BCUT2D eigenvalue weighted by Crippen LogP contribution is 2.38. The van der Waals surface area contributed by atoms with Crippen LogP contribution in [-0.4, -0.2) is 19.3 Å². The predicted molar refractivity (Wildman–Crippen MR) is 85.4 cm³/mol. The van der Waals surface area contributed by atoms with Gasteiger partial charge in [-0.2, -0.15) is 0 Å². The Kier molecular flexibility index (Phi) is 5.24. The van der Waals surface area contributed by atoms with Gasteiger partial charge >= 0.3 is 0 Å². The van der Waals surface area contributed by atoms with E-state index in [4.69, 9.17) is 9.47 Å². The summed E-state index contributed by atoms with van der Waals surface area (Å²) >= 11 is 6.55. The summed E-state index contributed by atoms with van der Waals surface area (Å²) in [7, 11) is 3.02.